The zero-order valence-corrected chi connectivity index (χ0v) is 17.0. The van der Waals surface area contributed by atoms with E-state index in [0.717, 1.165) is 11.5 Å². The van der Waals surface area contributed by atoms with E-state index >= 15 is 0 Å². The third kappa shape index (κ3) is 5.68. The molecule has 2 aromatic carbocycles. The van der Waals surface area contributed by atoms with Crippen molar-refractivity contribution in [1.82, 2.24) is 5.32 Å². The van der Waals surface area contributed by atoms with E-state index in [1.54, 1.807) is 38.1 Å². The predicted molar refractivity (Wildman–Crippen MR) is 107 cm³/mol. The van der Waals surface area contributed by atoms with E-state index in [0.29, 0.717) is 28.1 Å². The number of benzene rings is 2. The minimum atomic E-state index is -0.174. The predicted octanol–water partition coefficient (Wildman–Crippen LogP) is 4.44. The number of halogens is 1. The molecule has 1 amide bonds. The highest BCUT2D eigenvalue weighted by Crippen LogP contribution is 2.33. The van der Waals surface area contributed by atoms with Crippen LogP contribution in [0.4, 0.5) is 0 Å². The first-order valence-corrected chi connectivity index (χ1v) is 9.83. The van der Waals surface area contributed by atoms with Crippen LogP contribution in [0, 0.1) is 6.92 Å². The Bertz CT molecular complexity index is 719. The molecule has 0 saturated carbocycles. The van der Waals surface area contributed by atoms with Crippen molar-refractivity contribution in [2.75, 3.05) is 26.5 Å². The van der Waals surface area contributed by atoms with Gasteiger partial charge in [0.05, 0.1) is 24.3 Å². The summed E-state index contributed by atoms with van der Waals surface area (Å²) in [6, 6.07) is 12.0. The quantitative estimate of drug-likeness (QED) is 0.637. The lowest BCUT2D eigenvalue weighted by Crippen LogP contribution is -2.26. The third-order valence-corrected chi connectivity index (χ3v) is 5.24. The van der Waals surface area contributed by atoms with Crippen LogP contribution < -0.4 is 14.8 Å². The second kappa shape index (κ2) is 9.73. The first-order chi connectivity index (χ1) is 12.0. The van der Waals surface area contributed by atoms with Gasteiger partial charge in [-0.05, 0) is 40.5 Å². The minimum Gasteiger partial charge on any atom is -0.497 e. The van der Waals surface area contributed by atoms with Gasteiger partial charge < -0.3 is 14.8 Å². The van der Waals surface area contributed by atoms with Gasteiger partial charge in [-0.1, -0.05) is 29.8 Å². The SMILES string of the molecule is COc1cc(Br)c(OC)c(C(=O)NCCSCc2ccc(C)cc2)c1. The summed E-state index contributed by atoms with van der Waals surface area (Å²) in [5.74, 6) is 2.71. The number of ether oxygens (including phenoxy) is 2. The van der Waals surface area contributed by atoms with Crippen molar-refractivity contribution in [3.05, 3.63) is 57.6 Å². The highest BCUT2D eigenvalue weighted by atomic mass is 79.9. The molecule has 0 atom stereocenters. The zero-order chi connectivity index (χ0) is 18.2. The summed E-state index contributed by atoms with van der Waals surface area (Å²) in [4.78, 5) is 12.4. The van der Waals surface area contributed by atoms with E-state index in [2.05, 4.69) is 52.4 Å². The van der Waals surface area contributed by atoms with Crippen molar-refractivity contribution in [2.24, 2.45) is 0 Å². The van der Waals surface area contributed by atoms with E-state index in [-0.39, 0.29) is 5.91 Å². The fourth-order valence-electron chi connectivity index (χ4n) is 2.27. The third-order valence-electron chi connectivity index (χ3n) is 3.62. The van der Waals surface area contributed by atoms with Crippen LogP contribution >= 0.6 is 27.7 Å². The second-order valence-corrected chi connectivity index (χ2v) is 7.44. The van der Waals surface area contributed by atoms with Crippen LogP contribution in [0.25, 0.3) is 0 Å². The lowest BCUT2D eigenvalue weighted by atomic mass is 10.1. The average molecular weight is 424 g/mol. The van der Waals surface area contributed by atoms with E-state index in [4.69, 9.17) is 9.47 Å². The Balaban J connectivity index is 1.86. The second-order valence-electron chi connectivity index (χ2n) is 5.48. The maximum atomic E-state index is 12.4. The molecular weight excluding hydrogens is 402 g/mol. The molecule has 0 radical (unpaired) electrons. The van der Waals surface area contributed by atoms with Gasteiger partial charge in [-0.15, -0.1) is 0 Å². The number of methoxy groups -OCH3 is 2. The van der Waals surface area contributed by atoms with Gasteiger partial charge >= 0.3 is 0 Å². The molecule has 0 aliphatic carbocycles. The Kier molecular flexibility index (Phi) is 7.65. The van der Waals surface area contributed by atoms with Crippen LogP contribution in [0.15, 0.2) is 40.9 Å². The molecule has 4 nitrogen and oxygen atoms in total. The van der Waals surface area contributed by atoms with Crippen LogP contribution in [-0.2, 0) is 5.75 Å². The highest BCUT2D eigenvalue weighted by Gasteiger charge is 2.16. The Hall–Kier alpha value is -1.66. The van der Waals surface area contributed by atoms with Crippen LogP contribution in [0.2, 0.25) is 0 Å². The molecule has 0 saturated heterocycles. The van der Waals surface area contributed by atoms with Gasteiger partial charge in [0.15, 0.2) is 0 Å². The molecule has 1 N–H and O–H groups in total. The van der Waals surface area contributed by atoms with Gasteiger partial charge in [-0.25, -0.2) is 0 Å². The fourth-order valence-corrected chi connectivity index (χ4v) is 3.69. The van der Waals surface area contributed by atoms with Gasteiger partial charge in [0.25, 0.3) is 5.91 Å². The number of rotatable bonds is 8. The van der Waals surface area contributed by atoms with E-state index in [1.165, 1.54) is 11.1 Å². The zero-order valence-electron chi connectivity index (χ0n) is 14.6. The van der Waals surface area contributed by atoms with E-state index in [1.807, 2.05) is 0 Å². The summed E-state index contributed by atoms with van der Waals surface area (Å²) in [7, 11) is 3.11. The largest absolute Gasteiger partial charge is 0.497 e. The highest BCUT2D eigenvalue weighted by molar-refractivity contribution is 9.10. The Morgan fingerprint density at radius 2 is 1.88 bits per heavy atom. The molecule has 0 fully saturated rings. The maximum absolute atomic E-state index is 12.4. The van der Waals surface area contributed by atoms with Crippen molar-refractivity contribution < 1.29 is 14.3 Å². The molecule has 0 aromatic heterocycles. The maximum Gasteiger partial charge on any atom is 0.255 e. The van der Waals surface area contributed by atoms with E-state index < -0.39 is 0 Å². The smallest absolute Gasteiger partial charge is 0.255 e. The molecule has 0 unspecified atom stereocenters. The fraction of sp³-hybridized carbons (Fsp3) is 0.316. The molecule has 6 heteroatoms. The molecule has 0 aliphatic rings. The summed E-state index contributed by atoms with van der Waals surface area (Å²) in [5, 5.41) is 2.93. The summed E-state index contributed by atoms with van der Waals surface area (Å²) >= 11 is 5.19. The number of hydrogen-bond donors (Lipinski definition) is 1. The van der Waals surface area contributed by atoms with Crippen molar-refractivity contribution in [3.8, 4) is 11.5 Å². The Labute approximate surface area is 161 Å². The molecule has 0 spiro atoms. The number of carbonyl (C=O) groups excluding carboxylic acids is 1. The molecule has 25 heavy (non-hydrogen) atoms. The van der Waals surface area contributed by atoms with Gasteiger partial charge in [0, 0.05) is 18.1 Å². The summed E-state index contributed by atoms with van der Waals surface area (Å²) in [6.45, 7) is 2.67. The van der Waals surface area contributed by atoms with Crippen molar-refractivity contribution >= 4 is 33.6 Å². The lowest BCUT2D eigenvalue weighted by Gasteiger charge is -2.13. The van der Waals surface area contributed by atoms with Crippen LogP contribution in [0.5, 0.6) is 11.5 Å². The molecule has 2 rings (SSSR count). The van der Waals surface area contributed by atoms with E-state index in [9.17, 15) is 4.79 Å². The standard InChI is InChI=1S/C19H22BrNO3S/c1-13-4-6-14(7-5-13)12-25-9-8-21-19(22)16-10-15(23-2)11-17(20)18(16)24-3/h4-7,10-11H,8-9,12H2,1-3H3,(H,21,22). The molecule has 134 valence electrons. The number of amides is 1. The van der Waals surface area contributed by atoms with Crippen LogP contribution in [0.3, 0.4) is 0 Å². The number of nitrogens with one attached hydrogen (secondary N) is 1. The molecule has 0 heterocycles. The molecular formula is C19H22BrNO3S. The van der Waals surface area contributed by atoms with Crippen molar-refractivity contribution in [2.45, 2.75) is 12.7 Å². The van der Waals surface area contributed by atoms with Crippen molar-refractivity contribution in [3.63, 3.8) is 0 Å². The Morgan fingerprint density at radius 1 is 1.16 bits per heavy atom. The Morgan fingerprint density at radius 3 is 2.52 bits per heavy atom. The molecule has 2 aromatic rings. The topological polar surface area (TPSA) is 47.6 Å². The molecule has 0 aliphatic heterocycles. The minimum absolute atomic E-state index is 0.174. The first-order valence-electron chi connectivity index (χ1n) is 7.88. The normalized spacial score (nSPS) is 10.4. The van der Waals surface area contributed by atoms with Crippen molar-refractivity contribution in [1.29, 1.82) is 0 Å². The average Bonchev–Trinajstić information content (AvgIpc) is 2.62. The number of aryl methyl sites for hydroxylation is 1. The first kappa shape index (κ1) is 19.7. The summed E-state index contributed by atoms with van der Waals surface area (Å²) in [6.07, 6.45) is 0. The lowest BCUT2D eigenvalue weighted by molar-refractivity contribution is 0.0952. The summed E-state index contributed by atoms with van der Waals surface area (Å²) < 4.78 is 11.2. The molecule has 0 bridgehead atoms. The van der Waals surface area contributed by atoms with Gasteiger partial charge in [-0.3, -0.25) is 4.79 Å². The monoisotopic (exact) mass is 423 g/mol. The number of thioether (sulfide) groups is 1. The van der Waals surface area contributed by atoms with Gasteiger partial charge in [0.1, 0.15) is 11.5 Å². The number of hydrogen-bond acceptors (Lipinski definition) is 4. The van der Waals surface area contributed by atoms with Gasteiger partial charge in [0.2, 0.25) is 0 Å². The van der Waals surface area contributed by atoms with Crippen LogP contribution in [-0.4, -0.2) is 32.4 Å². The summed E-state index contributed by atoms with van der Waals surface area (Å²) in [5.41, 5.74) is 3.01. The number of carbonyl (C=O) groups is 1. The van der Waals surface area contributed by atoms with Gasteiger partial charge in [-0.2, -0.15) is 11.8 Å². The van der Waals surface area contributed by atoms with Crippen LogP contribution in [0.1, 0.15) is 21.5 Å².